The van der Waals surface area contributed by atoms with Crippen LogP contribution in [0, 0.1) is 0 Å². The number of ether oxygens (including phenoxy) is 1. The maximum absolute atomic E-state index is 12.7. The first-order chi connectivity index (χ1) is 15.1. The van der Waals surface area contributed by atoms with E-state index >= 15 is 0 Å². The molecule has 0 saturated heterocycles. The average molecular weight is 466 g/mol. The Bertz CT molecular complexity index is 1180. The number of aromatic nitrogens is 3. The predicted molar refractivity (Wildman–Crippen MR) is 114 cm³/mol. The van der Waals surface area contributed by atoms with Crippen molar-refractivity contribution in [3.05, 3.63) is 64.8 Å². The third kappa shape index (κ3) is 5.56. The molecule has 0 bridgehead atoms. The van der Waals surface area contributed by atoms with Crippen molar-refractivity contribution in [2.45, 2.75) is 5.57 Å². The van der Waals surface area contributed by atoms with Crippen molar-refractivity contribution < 1.29 is 23.1 Å². The fraction of sp³-hybridized carbons (Fsp3) is 0.200. The molecular formula is C20H18ClF2N5O4. The molecule has 168 valence electrons. The highest BCUT2D eigenvalue weighted by atomic mass is 35.5. The van der Waals surface area contributed by atoms with E-state index in [0.717, 1.165) is 0 Å². The number of benzene rings is 1. The summed E-state index contributed by atoms with van der Waals surface area (Å²) in [4.78, 5) is 38.5. The number of alkyl halides is 3. The van der Waals surface area contributed by atoms with Crippen LogP contribution >= 0.6 is 11.6 Å². The SMILES string of the molecule is CON(C)c1ncc(C(=O)Nc2ccc(OC(F)(F)Cl)cc2)cc1-c1cc(=O)n(C)cn1. The van der Waals surface area contributed by atoms with E-state index in [-0.39, 0.29) is 16.9 Å². The molecule has 0 atom stereocenters. The van der Waals surface area contributed by atoms with Crippen LogP contribution in [0.15, 0.2) is 53.7 Å². The number of nitrogens with zero attached hydrogens (tertiary/aromatic N) is 4. The Balaban J connectivity index is 1.90. The smallest absolute Gasteiger partial charge is 0.420 e. The summed E-state index contributed by atoms with van der Waals surface area (Å²) in [5, 5.41) is 3.99. The fourth-order valence-corrected chi connectivity index (χ4v) is 2.75. The number of carbonyl (C=O) groups excluding carboxylic acids is 1. The number of rotatable bonds is 7. The quantitative estimate of drug-likeness (QED) is 0.422. The van der Waals surface area contributed by atoms with Crippen LogP contribution in [0.4, 0.5) is 20.3 Å². The zero-order valence-corrected chi connectivity index (χ0v) is 17.9. The summed E-state index contributed by atoms with van der Waals surface area (Å²) in [6, 6.07) is 8.04. The zero-order chi connectivity index (χ0) is 23.5. The van der Waals surface area contributed by atoms with Crippen LogP contribution in [-0.2, 0) is 11.9 Å². The van der Waals surface area contributed by atoms with E-state index in [4.69, 9.17) is 16.4 Å². The number of pyridine rings is 1. The van der Waals surface area contributed by atoms with Gasteiger partial charge in [-0.2, -0.15) is 0 Å². The van der Waals surface area contributed by atoms with Gasteiger partial charge in [0.05, 0.1) is 24.7 Å². The Kier molecular flexibility index (Phi) is 6.70. The summed E-state index contributed by atoms with van der Waals surface area (Å²) in [5.41, 5.74) is -2.93. The van der Waals surface area contributed by atoms with Crippen LogP contribution < -0.4 is 20.7 Å². The van der Waals surface area contributed by atoms with Crippen molar-refractivity contribution in [1.29, 1.82) is 0 Å². The first-order valence-corrected chi connectivity index (χ1v) is 9.43. The largest absolute Gasteiger partial charge is 0.487 e. The molecule has 0 radical (unpaired) electrons. The highest BCUT2D eigenvalue weighted by molar-refractivity contribution is 6.20. The van der Waals surface area contributed by atoms with Crippen LogP contribution in [0.5, 0.6) is 5.75 Å². The first kappa shape index (κ1) is 23.1. The number of amides is 1. The van der Waals surface area contributed by atoms with Gasteiger partial charge >= 0.3 is 5.57 Å². The lowest BCUT2D eigenvalue weighted by atomic mass is 10.1. The molecule has 0 aliphatic carbocycles. The molecule has 9 nitrogen and oxygen atoms in total. The minimum absolute atomic E-state index is 0.170. The van der Waals surface area contributed by atoms with Crippen molar-refractivity contribution in [2.24, 2.45) is 7.05 Å². The van der Waals surface area contributed by atoms with E-state index in [1.165, 1.54) is 65.7 Å². The Morgan fingerprint density at radius 2 is 1.91 bits per heavy atom. The molecule has 0 saturated carbocycles. The predicted octanol–water partition coefficient (Wildman–Crippen LogP) is 3.26. The van der Waals surface area contributed by atoms with Gasteiger partial charge in [-0.1, -0.05) is 0 Å². The molecule has 3 rings (SSSR count). The molecule has 2 heterocycles. The van der Waals surface area contributed by atoms with Crippen LogP contribution in [0.1, 0.15) is 10.4 Å². The number of carbonyl (C=O) groups is 1. The summed E-state index contributed by atoms with van der Waals surface area (Å²) >= 11 is 4.73. The Morgan fingerprint density at radius 3 is 2.50 bits per heavy atom. The third-order valence-electron chi connectivity index (χ3n) is 4.30. The second kappa shape index (κ2) is 9.28. The number of aryl methyl sites for hydroxylation is 1. The molecule has 0 unspecified atom stereocenters. The van der Waals surface area contributed by atoms with Crippen LogP contribution in [0.25, 0.3) is 11.3 Å². The molecule has 1 amide bonds. The normalized spacial score (nSPS) is 11.2. The minimum Gasteiger partial charge on any atom is -0.420 e. The summed E-state index contributed by atoms with van der Waals surface area (Å²) < 4.78 is 31.0. The fourth-order valence-electron chi connectivity index (χ4n) is 2.66. The minimum atomic E-state index is -3.84. The molecule has 3 aromatic rings. The van der Waals surface area contributed by atoms with Crippen molar-refractivity contribution >= 4 is 29.0 Å². The Hall–Kier alpha value is -3.57. The van der Waals surface area contributed by atoms with Gasteiger partial charge in [-0.25, -0.2) is 15.0 Å². The molecule has 12 heteroatoms. The molecular weight excluding hydrogens is 448 g/mol. The van der Waals surface area contributed by atoms with Gasteiger partial charge in [0.15, 0.2) is 5.82 Å². The lowest BCUT2D eigenvalue weighted by Gasteiger charge is -2.19. The van der Waals surface area contributed by atoms with E-state index in [0.29, 0.717) is 22.8 Å². The number of anilines is 2. The maximum atomic E-state index is 12.7. The Labute approximate surface area is 186 Å². The lowest BCUT2D eigenvalue weighted by molar-refractivity contribution is -0.0964. The second-order valence-corrected chi connectivity index (χ2v) is 6.96. The van der Waals surface area contributed by atoms with Crippen LogP contribution in [0.2, 0.25) is 0 Å². The number of hydrogen-bond acceptors (Lipinski definition) is 7. The Morgan fingerprint density at radius 1 is 1.22 bits per heavy atom. The van der Waals surface area contributed by atoms with Crippen molar-refractivity contribution in [2.75, 3.05) is 24.5 Å². The average Bonchev–Trinajstić information content (AvgIpc) is 2.75. The van der Waals surface area contributed by atoms with E-state index in [1.54, 1.807) is 14.1 Å². The number of halogens is 3. The van der Waals surface area contributed by atoms with Crippen molar-refractivity contribution in [3.63, 3.8) is 0 Å². The summed E-state index contributed by atoms with van der Waals surface area (Å²) in [7, 11) is 4.62. The highest BCUT2D eigenvalue weighted by Crippen LogP contribution is 2.28. The number of nitrogens with one attached hydrogen (secondary N) is 1. The van der Waals surface area contributed by atoms with Crippen LogP contribution in [0.3, 0.4) is 0 Å². The van der Waals surface area contributed by atoms with Crippen molar-refractivity contribution in [1.82, 2.24) is 14.5 Å². The monoisotopic (exact) mass is 465 g/mol. The second-order valence-electron chi connectivity index (χ2n) is 6.52. The van der Waals surface area contributed by atoms with Gasteiger partial charge in [0.2, 0.25) is 0 Å². The van der Waals surface area contributed by atoms with E-state index in [9.17, 15) is 18.4 Å². The van der Waals surface area contributed by atoms with E-state index < -0.39 is 11.5 Å². The van der Waals surface area contributed by atoms with E-state index in [2.05, 4.69) is 20.0 Å². The number of hydrogen-bond donors (Lipinski definition) is 1. The maximum Gasteiger partial charge on any atom is 0.487 e. The van der Waals surface area contributed by atoms with Gasteiger partial charge < -0.3 is 14.6 Å². The van der Waals surface area contributed by atoms with Crippen LogP contribution in [-0.4, -0.2) is 40.2 Å². The summed E-state index contributed by atoms with van der Waals surface area (Å²) in [5.74, 6) is -0.352. The summed E-state index contributed by atoms with van der Waals surface area (Å²) in [6.45, 7) is 0. The van der Waals surface area contributed by atoms with E-state index in [1.807, 2.05) is 0 Å². The first-order valence-electron chi connectivity index (χ1n) is 9.05. The van der Waals surface area contributed by atoms with Crippen molar-refractivity contribution in [3.8, 4) is 17.0 Å². The molecule has 0 aliphatic heterocycles. The molecule has 32 heavy (non-hydrogen) atoms. The molecule has 0 fully saturated rings. The van der Waals surface area contributed by atoms with Gasteiger partial charge in [-0.05, 0) is 30.3 Å². The number of hydroxylamine groups is 1. The zero-order valence-electron chi connectivity index (χ0n) is 17.2. The molecule has 0 spiro atoms. The third-order valence-corrected chi connectivity index (χ3v) is 4.38. The van der Waals surface area contributed by atoms with Gasteiger partial charge in [-0.15, -0.1) is 8.78 Å². The van der Waals surface area contributed by atoms with Gasteiger partial charge in [0.1, 0.15) is 5.75 Å². The van der Waals surface area contributed by atoms with Gasteiger partial charge in [0.25, 0.3) is 11.5 Å². The topological polar surface area (TPSA) is 98.6 Å². The highest BCUT2D eigenvalue weighted by Gasteiger charge is 2.27. The van der Waals surface area contributed by atoms with Gasteiger partial charge in [0, 0.05) is 49.2 Å². The van der Waals surface area contributed by atoms with Gasteiger partial charge in [-0.3, -0.25) is 14.4 Å². The molecule has 1 N–H and O–H groups in total. The molecule has 0 aliphatic rings. The summed E-state index contributed by atoms with van der Waals surface area (Å²) in [6.07, 6.45) is 2.69. The standard InChI is InChI=1S/C20H18ClF2N5O4/c1-27-11-25-16(9-17(27)29)15-8-12(10-24-18(15)28(2)31-3)19(30)26-13-4-6-14(7-5-13)32-20(21,22)23/h4-11H,1-3H3,(H,26,30). The molecule has 1 aromatic carbocycles. The lowest BCUT2D eigenvalue weighted by Crippen LogP contribution is -2.20. The molecule has 2 aromatic heterocycles.